The molecule has 0 unspecified atom stereocenters. The smallest absolute Gasteiger partial charge is 0.249 e. The number of carbonyl (C=O) groups excluding carboxylic acids is 1. The number of fused-ring (bicyclic) bond motifs is 1. The predicted octanol–water partition coefficient (Wildman–Crippen LogP) is 2.61. The highest BCUT2D eigenvalue weighted by atomic mass is 16.1. The van der Waals surface area contributed by atoms with Crippen LogP contribution < -0.4 is 0 Å². The average molecular weight is 197 g/mol. The average Bonchev–Trinajstić information content (AvgIpc) is 2.29. The number of benzene rings is 2. The minimum atomic E-state index is -0.189. The van der Waals surface area contributed by atoms with E-state index >= 15 is 0 Å². The van der Waals surface area contributed by atoms with Crippen LogP contribution >= 0.6 is 0 Å². The van der Waals surface area contributed by atoms with Crippen LogP contribution in [0.25, 0.3) is 10.8 Å². The first-order valence-corrected chi connectivity index (χ1v) is 4.77. The van der Waals surface area contributed by atoms with E-state index in [1.807, 2.05) is 42.5 Å². The van der Waals surface area contributed by atoms with Gasteiger partial charge in [0.25, 0.3) is 0 Å². The summed E-state index contributed by atoms with van der Waals surface area (Å²) in [5.41, 5.74) is 1.01. The van der Waals surface area contributed by atoms with Gasteiger partial charge in [0.2, 0.25) is 5.91 Å². The van der Waals surface area contributed by atoms with Crippen LogP contribution in [-0.2, 0) is 11.2 Å². The van der Waals surface area contributed by atoms with Gasteiger partial charge in [0.1, 0.15) is 0 Å². The molecule has 0 N–H and O–H groups in total. The predicted molar refractivity (Wildman–Crippen MR) is 62.2 cm³/mol. The van der Waals surface area contributed by atoms with Crippen LogP contribution in [0.1, 0.15) is 5.56 Å². The lowest BCUT2D eigenvalue weighted by molar-refractivity contribution is -0.117. The Labute approximate surface area is 88.3 Å². The number of hydrogen-bond donors (Lipinski definition) is 0. The molecule has 2 aromatic rings. The van der Waals surface area contributed by atoms with Gasteiger partial charge in [-0.2, -0.15) is 0 Å². The fourth-order valence-corrected chi connectivity index (χ4v) is 1.67. The van der Waals surface area contributed by atoms with E-state index in [2.05, 4.69) is 11.7 Å². The third-order valence-corrected chi connectivity index (χ3v) is 2.40. The molecule has 0 aromatic heterocycles. The molecule has 0 atom stereocenters. The molecule has 0 saturated heterocycles. The molecule has 0 spiro atoms. The Morgan fingerprint density at radius 2 is 1.87 bits per heavy atom. The van der Waals surface area contributed by atoms with E-state index in [0.717, 1.165) is 16.3 Å². The standard InChI is InChI=1S/C13H11NO/c1-14-13(15)9-11-7-4-6-10-5-2-3-8-12(10)11/h2-8H,1,9H2. The Hall–Kier alpha value is -1.96. The van der Waals surface area contributed by atoms with Gasteiger partial charge in [-0.3, -0.25) is 4.79 Å². The van der Waals surface area contributed by atoms with E-state index in [4.69, 9.17) is 0 Å². The second-order valence-electron chi connectivity index (χ2n) is 3.37. The zero-order chi connectivity index (χ0) is 10.7. The van der Waals surface area contributed by atoms with Crippen molar-refractivity contribution >= 4 is 23.4 Å². The van der Waals surface area contributed by atoms with Crippen molar-refractivity contribution in [3.8, 4) is 0 Å². The van der Waals surface area contributed by atoms with Gasteiger partial charge in [0.15, 0.2) is 0 Å². The number of rotatable bonds is 2. The van der Waals surface area contributed by atoms with E-state index in [-0.39, 0.29) is 5.91 Å². The van der Waals surface area contributed by atoms with Crippen molar-refractivity contribution in [2.45, 2.75) is 6.42 Å². The molecule has 2 heteroatoms. The van der Waals surface area contributed by atoms with Crippen LogP contribution in [0, 0.1) is 0 Å². The second-order valence-corrected chi connectivity index (χ2v) is 3.37. The van der Waals surface area contributed by atoms with Crippen molar-refractivity contribution in [1.82, 2.24) is 0 Å². The van der Waals surface area contributed by atoms with Crippen LogP contribution in [-0.4, -0.2) is 12.6 Å². The fourth-order valence-electron chi connectivity index (χ4n) is 1.67. The SMILES string of the molecule is C=NC(=O)Cc1cccc2ccccc12. The first-order valence-electron chi connectivity index (χ1n) is 4.77. The lowest BCUT2D eigenvalue weighted by atomic mass is 10.0. The monoisotopic (exact) mass is 197 g/mol. The zero-order valence-electron chi connectivity index (χ0n) is 8.31. The molecule has 0 radical (unpaired) electrons. The van der Waals surface area contributed by atoms with Gasteiger partial charge in [-0.15, -0.1) is 0 Å². The molecule has 0 fully saturated rings. The number of hydrogen-bond acceptors (Lipinski definition) is 1. The molecule has 1 amide bonds. The maximum Gasteiger partial charge on any atom is 0.249 e. The van der Waals surface area contributed by atoms with Gasteiger partial charge >= 0.3 is 0 Å². The molecule has 0 bridgehead atoms. The van der Waals surface area contributed by atoms with Crippen molar-refractivity contribution in [3.63, 3.8) is 0 Å². The third-order valence-electron chi connectivity index (χ3n) is 2.40. The molecular weight excluding hydrogens is 186 g/mol. The van der Waals surface area contributed by atoms with Gasteiger partial charge in [0, 0.05) is 0 Å². The van der Waals surface area contributed by atoms with Crippen LogP contribution in [0.4, 0.5) is 0 Å². The molecule has 15 heavy (non-hydrogen) atoms. The molecular formula is C13H11NO. The van der Waals surface area contributed by atoms with Gasteiger partial charge in [-0.05, 0) is 23.1 Å². The Balaban J connectivity index is 2.51. The normalized spacial score (nSPS) is 10.1. The largest absolute Gasteiger partial charge is 0.272 e. The topological polar surface area (TPSA) is 29.4 Å². The number of amides is 1. The summed E-state index contributed by atoms with van der Waals surface area (Å²) in [6.07, 6.45) is 0.324. The van der Waals surface area contributed by atoms with Gasteiger partial charge < -0.3 is 0 Å². The van der Waals surface area contributed by atoms with Crippen molar-refractivity contribution < 1.29 is 4.79 Å². The lowest BCUT2D eigenvalue weighted by Crippen LogP contribution is -1.98. The summed E-state index contributed by atoms with van der Waals surface area (Å²) in [7, 11) is 0. The Kier molecular flexibility index (Phi) is 2.59. The van der Waals surface area contributed by atoms with Crippen molar-refractivity contribution in [3.05, 3.63) is 48.0 Å². The van der Waals surface area contributed by atoms with E-state index in [0.29, 0.717) is 6.42 Å². The highest BCUT2D eigenvalue weighted by Crippen LogP contribution is 2.18. The van der Waals surface area contributed by atoms with E-state index in [1.54, 1.807) is 0 Å². The lowest BCUT2D eigenvalue weighted by Gasteiger charge is -2.03. The molecule has 0 saturated carbocycles. The Morgan fingerprint density at radius 1 is 1.13 bits per heavy atom. The summed E-state index contributed by atoms with van der Waals surface area (Å²) in [5, 5.41) is 2.25. The minimum Gasteiger partial charge on any atom is -0.272 e. The first-order chi connectivity index (χ1) is 7.31. The summed E-state index contributed by atoms with van der Waals surface area (Å²) in [6, 6.07) is 13.9. The molecule has 2 nitrogen and oxygen atoms in total. The third kappa shape index (κ3) is 1.94. The van der Waals surface area contributed by atoms with Crippen LogP contribution in [0.5, 0.6) is 0 Å². The molecule has 2 aromatic carbocycles. The fraction of sp³-hybridized carbons (Fsp3) is 0.0769. The summed E-state index contributed by atoms with van der Waals surface area (Å²) in [4.78, 5) is 14.6. The maximum absolute atomic E-state index is 11.2. The van der Waals surface area contributed by atoms with E-state index in [9.17, 15) is 4.79 Å². The van der Waals surface area contributed by atoms with Crippen molar-refractivity contribution in [2.24, 2.45) is 4.99 Å². The van der Waals surface area contributed by atoms with Gasteiger partial charge in [0.05, 0.1) is 6.42 Å². The summed E-state index contributed by atoms with van der Waals surface area (Å²) < 4.78 is 0. The first kappa shape index (κ1) is 9.59. The number of aliphatic imine (C=N–C) groups is 1. The van der Waals surface area contributed by atoms with Gasteiger partial charge in [-0.1, -0.05) is 42.5 Å². The van der Waals surface area contributed by atoms with E-state index < -0.39 is 0 Å². The summed E-state index contributed by atoms with van der Waals surface area (Å²) in [6.45, 7) is 3.24. The van der Waals surface area contributed by atoms with Crippen LogP contribution in [0.15, 0.2) is 47.5 Å². The number of carbonyl (C=O) groups is 1. The van der Waals surface area contributed by atoms with Crippen LogP contribution in [0.3, 0.4) is 0 Å². The maximum atomic E-state index is 11.2. The minimum absolute atomic E-state index is 0.189. The molecule has 0 aliphatic heterocycles. The second kappa shape index (κ2) is 4.05. The highest BCUT2D eigenvalue weighted by molar-refractivity contribution is 5.91. The van der Waals surface area contributed by atoms with Crippen molar-refractivity contribution in [1.29, 1.82) is 0 Å². The molecule has 0 heterocycles. The van der Waals surface area contributed by atoms with Crippen LogP contribution in [0.2, 0.25) is 0 Å². The molecule has 2 rings (SSSR count). The Bertz CT molecular complexity index is 511. The number of nitrogens with zero attached hydrogens (tertiary/aromatic N) is 1. The highest BCUT2D eigenvalue weighted by Gasteiger charge is 2.04. The van der Waals surface area contributed by atoms with Crippen molar-refractivity contribution in [2.75, 3.05) is 0 Å². The van der Waals surface area contributed by atoms with E-state index in [1.165, 1.54) is 0 Å². The Morgan fingerprint density at radius 3 is 2.67 bits per heavy atom. The molecule has 0 aliphatic rings. The summed E-state index contributed by atoms with van der Waals surface area (Å²) in [5.74, 6) is -0.189. The quantitative estimate of drug-likeness (QED) is 0.680. The molecule has 0 aliphatic carbocycles. The van der Waals surface area contributed by atoms with Gasteiger partial charge in [-0.25, -0.2) is 4.99 Å². The zero-order valence-corrected chi connectivity index (χ0v) is 8.31. The summed E-state index contributed by atoms with van der Waals surface area (Å²) >= 11 is 0. The molecule has 74 valence electrons.